The van der Waals surface area contributed by atoms with Crippen LogP contribution in [0.1, 0.15) is 39.0 Å². The first-order chi connectivity index (χ1) is 8.49. The summed E-state index contributed by atoms with van der Waals surface area (Å²) in [4.78, 5) is 0. The Hall–Kier alpha value is -0.170. The molecule has 1 aliphatic carbocycles. The summed E-state index contributed by atoms with van der Waals surface area (Å²) < 4.78 is 28.8. The quantitative estimate of drug-likeness (QED) is 0.410. The fourth-order valence-electron chi connectivity index (χ4n) is 2.61. The summed E-state index contributed by atoms with van der Waals surface area (Å²) in [6.07, 6.45) is 5.77. The van der Waals surface area contributed by atoms with E-state index in [1.165, 1.54) is 6.26 Å². The molecule has 1 rings (SSSR count). The lowest BCUT2D eigenvalue weighted by Gasteiger charge is -2.33. The third-order valence-corrected chi connectivity index (χ3v) is 5.34. The highest BCUT2D eigenvalue weighted by Gasteiger charge is 2.32. The minimum absolute atomic E-state index is 0.0566. The van der Waals surface area contributed by atoms with E-state index in [9.17, 15) is 8.42 Å². The van der Waals surface area contributed by atoms with Crippen molar-refractivity contribution in [3.63, 3.8) is 0 Å². The fraction of sp³-hybridized carbons (Fsp3) is 1.00. The summed E-state index contributed by atoms with van der Waals surface area (Å²) in [5.41, 5.74) is 2.78. The van der Waals surface area contributed by atoms with Crippen molar-refractivity contribution in [1.29, 1.82) is 0 Å². The molecule has 1 fully saturated rings. The maximum atomic E-state index is 11.6. The van der Waals surface area contributed by atoms with E-state index in [4.69, 9.17) is 10.6 Å². The van der Waals surface area contributed by atoms with E-state index in [0.29, 0.717) is 18.9 Å². The van der Waals surface area contributed by atoms with Crippen molar-refractivity contribution in [1.82, 2.24) is 5.43 Å². The molecule has 0 aromatic heterocycles. The van der Waals surface area contributed by atoms with Gasteiger partial charge >= 0.3 is 0 Å². The molecule has 3 N–H and O–H groups in total. The van der Waals surface area contributed by atoms with Gasteiger partial charge in [0.25, 0.3) is 0 Å². The monoisotopic (exact) mass is 278 g/mol. The van der Waals surface area contributed by atoms with E-state index < -0.39 is 9.84 Å². The van der Waals surface area contributed by atoms with Crippen LogP contribution >= 0.6 is 0 Å². The number of nitrogens with one attached hydrogen (secondary N) is 1. The van der Waals surface area contributed by atoms with Gasteiger partial charge in [-0.2, -0.15) is 0 Å². The number of sulfone groups is 1. The third kappa shape index (κ3) is 4.84. The van der Waals surface area contributed by atoms with Gasteiger partial charge in [-0.15, -0.1) is 0 Å². The molecule has 0 aromatic carbocycles. The molecular weight excluding hydrogens is 252 g/mol. The molecule has 0 aromatic rings. The molecule has 1 saturated carbocycles. The van der Waals surface area contributed by atoms with Gasteiger partial charge in [0.2, 0.25) is 0 Å². The Bertz CT molecular complexity index is 332. The van der Waals surface area contributed by atoms with Crippen LogP contribution in [-0.4, -0.2) is 39.2 Å². The van der Waals surface area contributed by atoms with Crippen molar-refractivity contribution in [2.75, 3.05) is 19.5 Å². The van der Waals surface area contributed by atoms with Gasteiger partial charge in [-0.3, -0.25) is 11.3 Å². The first kappa shape index (κ1) is 15.9. The minimum Gasteiger partial charge on any atom is -0.380 e. The van der Waals surface area contributed by atoms with Gasteiger partial charge in [0.15, 0.2) is 0 Å². The third-order valence-electron chi connectivity index (χ3n) is 3.70. The Kier molecular flexibility index (Phi) is 6.55. The molecule has 3 unspecified atom stereocenters. The number of hydrazine groups is 1. The summed E-state index contributed by atoms with van der Waals surface area (Å²) in [5, 5.41) is -0.210. The van der Waals surface area contributed by atoms with E-state index >= 15 is 0 Å². The molecule has 0 radical (unpaired) electrons. The summed E-state index contributed by atoms with van der Waals surface area (Å²) in [6, 6.07) is 0.0566. The number of ether oxygens (including phenoxy) is 1. The lowest BCUT2D eigenvalue weighted by molar-refractivity contribution is 0.0851. The topological polar surface area (TPSA) is 81.4 Å². The van der Waals surface area contributed by atoms with Crippen molar-refractivity contribution in [3.05, 3.63) is 0 Å². The predicted molar refractivity (Wildman–Crippen MR) is 72.8 cm³/mol. The summed E-state index contributed by atoms with van der Waals surface area (Å²) in [6.45, 7) is 3.34. The molecule has 5 nitrogen and oxygen atoms in total. The van der Waals surface area contributed by atoms with Crippen LogP contribution in [0, 0.1) is 5.92 Å². The zero-order valence-corrected chi connectivity index (χ0v) is 12.2. The molecule has 0 saturated heterocycles. The highest BCUT2D eigenvalue weighted by molar-refractivity contribution is 7.91. The van der Waals surface area contributed by atoms with Crippen LogP contribution in [0.4, 0.5) is 0 Å². The van der Waals surface area contributed by atoms with Crippen LogP contribution in [0.5, 0.6) is 0 Å². The molecule has 6 heteroatoms. The molecule has 18 heavy (non-hydrogen) atoms. The molecule has 108 valence electrons. The zero-order chi connectivity index (χ0) is 13.6. The Labute approximate surface area is 110 Å². The standard InChI is InChI=1S/C12H26N2O3S/c1-3-7-17-9-12(14-13)10-5-4-6-11(8-10)18(2,15)16/h10-12,14H,3-9,13H2,1-2H3. The molecule has 3 atom stereocenters. The van der Waals surface area contributed by atoms with Gasteiger partial charge in [-0.05, 0) is 31.6 Å². The van der Waals surface area contributed by atoms with Crippen molar-refractivity contribution < 1.29 is 13.2 Å². The van der Waals surface area contributed by atoms with Crippen molar-refractivity contribution >= 4 is 9.84 Å². The van der Waals surface area contributed by atoms with Crippen molar-refractivity contribution in [2.24, 2.45) is 11.8 Å². The molecule has 0 aliphatic heterocycles. The lowest BCUT2D eigenvalue weighted by atomic mass is 9.84. The molecule has 0 amide bonds. The highest BCUT2D eigenvalue weighted by atomic mass is 32.2. The maximum absolute atomic E-state index is 11.6. The Balaban J connectivity index is 2.52. The fourth-order valence-corrected chi connectivity index (χ4v) is 3.80. The van der Waals surface area contributed by atoms with Gasteiger partial charge in [0, 0.05) is 18.9 Å². The van der Waals surface area contributed by atoms with Crippen molar-refractivity contribution in [3.8, 4) is 0 Å². The van der Waals surface area contributed by atoms with E-state index in [0.717, 1.165) is 32.3 Å². The number of rotatable bonds is 7. The summed E-state index contributed by atoms with van der Waals surface area (Å²) in [7, 11) is -2.94. The average Bonchev–Trinajstić information content (AvgIpc) is 2.34. The van der Waals surface area contributed by atoms with Crippen LogP contribution in [-0.2, 0) is 14.6 Å². The second-order valence-corrected chi connectivity index (χ2v) is 7.55. The van der Waals surface area contributed by atoms with Gasteiger partial charge in [0.1, 0.15) is 9.84 Å². The van der Waals surface area contributed by atoms with Crippen LogP contribution in [0.15, 0.2) is 0 Å². The molecule has 0 heterocycles. The van der Waals surface area contributed by atoms with Crippen LogP contribution in [0.25, 0.3) is 0 Å². The maximum Gasteiger partial charge on any atom is 0.150 e. The molecule has 0 spiro atoms. The summed E-state index contributed by atoms with van der Waals surface area (Å²) in [5.74, 6) is 5.85. The largest absolute Gasteiger partial charge is 0.380 e. The van der Waals surface area contributed by atoms with Gasteiger partial charge in [-0.1, -0.05) is 13.3 Å². The van der Waals surface area contributed by atoms with Gasteiger partial charge in [-0.25, -0.2) is 8.42 Å². The van der Waals surface area contributed by atoms with Crippen LogP contribution < -0.4 is 11.3 Å². The highest BCUT2D eigenvalue weighted by Crippen LogP contribution is 2.30. The van der Waals surface area contributed by atoms with Gasteiger partial charge in [0.05, 0.1) is 11.9 Å². The van der Waals surface area contributed by atoms with E-state index in [2.05, 4.69) is 12.3 Å². The molecular formula is C12H26N2O3S. The summed E-state index contributed by atoms with van der Waals surface area (Å²) >= 11 is 0. The first-order valence-corrected chi connectivity index (χ1v) is 8.67. The Morgan fingerprint density at radius 2 is 2.17 bits per heavy atom. The van der Waals surface area contributed by atoms with E-state index in [-0.39, 0.29) is 11.3 Å². The SMILES string of the molecule is CCCOCC(NN)C1CCCC(S(C)(=O)=O)C1. The zero-order valence-electron chi connectivity index (χ0n) is 11.4. The molecule has 1 aliphatic rings. The first-order valence-electron chi connectivity index (χ1n) is 6.71. The predicted octanol–water partition coefficient (Wildman–Crippen LogP) is 0.848. The smallest absolute Gasteiger partial charge is 0.150 e. The lowest BCUT2D eigenvalue weighted by Crippen LogP contribution is -2.47. The Morgan fingerprint density at radius 1 is 1.44 bits per heavy atom. The number of nitrogens with two attached hydrogens (primary N) is 1. The number of hydrogen-bond acceptors (Lipinski definition) is 5. The Morgan fingerprint density at radius 3 is 2.72 bits per heavy atom. The minimum atomic E-state index is -2.94. The van der Waals surface area contributed by atoms with Crippen LogP contribution in [0.3, 0.4) is 0 Å². The second-order valence-electron chi connectivity index (χ2n) is 5.23. The molecule has 0 bridgehead atoms. The van der Waals surface area contributed by atoms with Crippen LogP contribution in [0.2, 0.25) is 0 Å². The van der Waals surface area contributed by atoms with Crippen molar-refractivity contribution in [2.45, 2.75) is 50.3 Å². The van der Waals surface area contributed by atoms with E-state index in [1.807, 2.05) is 0 Å². The van der Waals surface area contributed by atoms with E-state index in [1.54, 1.807) is 0 Å². The normalized spacial score (nSPS) is 27.1. The second kappa shape index (κ2) is 7.43. The average molecular weight is 278 g/mol. The van der Waals surface area contributed by atoms with Gasteiger partial charge < -0.3 is 4.74 Å². The number of hydrogen-bond donors (Lipinski definition) is 2.